The summed E-state index contributed by atoms with van der Waals surface area (Å²) >= 11 is 0. The zero-order valence-corrected chi connectivity index (χ0v) is 16.9. The van der Waals surface area contributed by atoms with Gasteiger partial charge >= 0.3 is 6.18 Å². The van der Waals surface area contributed by atoms with Gasteiger partial charge in [0.15, 0.2) is 5.78 Å². The van der Waals surface area contributed by atoms with Crippen molar-refractivity contribution in [2.75, 3.05) is 7.11 Å². The lowest BCUT2D eigenvalue weighted by molar-refractivity contribution is -0.138. The molecule has 0 fully saturated rings. The number of benzene rings is 1. The number of nitrogens with zero attached hydrogens (tertiary/aromatic N) is 2. The van der Waals surface area contributed by atoms with E-state index in [9.17, 15) is 22.4 Å². The number of ketones is 1. The van der Waals surface area contributed by atoms with Gasteiger partial charge in [0.1, 0.15) is 17.4 Å². The molecular weight excluding hydrogens is 388 g/mol. The molecule has 1 aromatic heterocycles. The lowest BCUT2D eigenvalue weighted by Gasteiger charge is -2.14. The third kappa shape index (κ3) is 5.74. The Morgan fingerprint density at radius 2 is 1.93 bits per heavy atom. The smallest absolute Gasteiger partial charge is 0.419 e. The van der Waals surface area contributed by atoms with Crippen molar-refractivity contribution >= 4 is 5.78 Å². The molecular formula is C21H24F4N2O2. The van der Waals surface area contributed by atoms with Crippen molar-refractivity contribution in [2.24, 2.45) is 5.92 Å². The van der Waals surface area contributed by atoms with Crippen LogP contribution in [0.15, 0.2) is 18.3 Å². The number of methoxy groups -OCH3 is 1. The monoisotopic (exact) mass is 412 g/mol. The van der Waals surface area contributed by atoms with Crippen LogP contribution in [0.3, 0.4) is 0 Å². The third-order valence-corrected chi connectivity index (χ3v) is 4.32. The fourth-order valence-corrected chi connectivity index (χ4v) is 3.00. The maximum Gasteiger partial charge on any atom is 0.419 e. The molecule has 0 N–H and O–H groups in total. The number of Topliss-reactive ketones (excluding diaryl/α,β-unsaturated/α-hetero) is 1. The van der Waals surface area contributed by atoms with Gasteiger partial charge in [-0.15, -0.1) is 0 Å². The number of carbonyl (C=O) groups is 1. The minimum absolute atomic E-state index is 0.0202. The first kappa shape index (κ1) is 22.8. The number of hydrogen-bond donors (Lipinski definition) is 0. The molecule has 2 aromatic rings. The van der Waals surface area contributed by atoms with Gasteiger partial charge in [0, 0.05) is 24.6 Å². The van der Waals surface area contributed by atoms with E-state index in [2.05, 4.69) is 9.97 Å². The Kier molecular flexibility index (Phi) is 7.32. The minimum Gasteiger partial charge on any atom is -0.496 e. The van der Waals surface area contributed by atoms with Crippen molar-refractivity contribution in [1.29, 1.82) is 0 Å². The van der Waals surface area contributed by atoms with E-state index in [4.69, 9.17) is 4.74 Å². The lowest BCUT2D eigenvalue weighted by Crippen LogP contribution is -2.14. The number of rotatable bonds is 8. The average Bonchev–Trinajstić information content (AvgIpc) is 2.60. The zero-order chi connectivity index (χ0) is 21.8. The van der Waals surface area contributed by atoms with E-state index < -0.39 is 17.6 Å². The molecule has 0 radical (unpaired) electrons. The fraction of sp³-hybridized carbons (Fsp3) is 0.476. The SMILES string of the molecule is CCCc1nc(Cc2cc(F)c(C(=O)CC(C)C)cc2OC)ncc1C(F)(F)F. The van der Waals surface area contributed by atoms with Crippen molar-refractivity contribution < 1.29 is 27.1 Å². The fourth-order valence-electron chi connectivity index (χ4n) is 3.00. The van der Waals surface area contributed by atoms with Gasteiger partial charge in [-0.25, -0.2) is 14.4 Å². The molecule has 0 aliphatic carbocycles. The summed E-state index contributed by atoms with van der Waals surface area (Å²) in [5.41, 5.74) is -0.670. The molecule has 1 heterocycles. The number of aromatic nitrogens is 2. The number of aryl methyl sites for hydroxylation is 1. The average molecular weight is 412 g/mol. The largest absolute Gasteiger partial charge is 0.496 e. The van der Waals surface area contributed by atoms with Gasteiger partial charge in [-0.2, -0.15) is 13.2 Å². The summed E-state index contributed by atoms with van der Waals surface area (Å²) in [5, 5.41) is 0. The Bertz CT molecular complexity index is 880. The third-order valence-electron chi connectivity index (χ3n) is 4.32. The second-order valence-electron chi connectivity index (χ2n) is 7.24. The highest BCUT2D eigenvalue weighted by Crippen LogP contribution is 2.32. The van der Waals surface area contributed by atoms with Gasteiger partial charge in [-0.05, 0) is 24.5 Å². The van der Waals surface area contributed by atoms with E-state index in [1.54, 1.807) is 6.92 Å². The van der Waals surface area contributed by atoms with Crippen molar-refractivity contribution in [3.05, 3.63) is 52.4 Å². The Morgan fingerprint density at radius 1 is 1.24 bits per heavy atom. The number of halogens is 4. The Hall–Kier alpha value is -2.51. The van der Waals surface area contributed by atoms with Gasteiger partial charge < -0.3 is 4.74 Å². The van der Waals surface area contributed by atoms with Crippen LogP contribution in [-0.2, 0) is 19.0 Å². The highest BCUT2D eigenvalue weighted by molar-refractivity contribution is 5.97. The van der Waals surface area contributed by atoms with E-state index in [1.807, 2.05) is 13.8 Å². The maximum atomic E-state index is 14.5. The maximum absolute atomic E-state index is 14.5. The second-order valence-corrected chi connectivity index (χ2v) is 7.24. The summed E-state index contributed by atoms with van der Waals surface area (Å²) in [6, 6.07) is 2.49. The quantitative estimate of drug-likeness (QED) is 0.429. The molecule has 0 aliphatic rings. The molecule has 0 saturated heterocycles. The number of ether oxygens (including phenoxy) is 1. The highest BCUT2D eigenvalue weighted by Gasteiger charge is 2.34. The normalized spacial score (nSPS) is 11.8. The van der Waals surface area contributed by atoms with Crippen molar-refractivity contribution in [1.82, 2.24) is 9.97 Å². The number of carbonyl (C=O) groups excluding carboxylic acids is 1. The summed E-state index contributed by atoms with van der Waals surface area (Å²) in [5.74, 6) is -0.574. The first-order valence-electron chi connectivity index (χ1n) is 9.38. The first-order chi connectivity index (χ1) is 13.6. The number of alkyl halides is 3. The molecule has 0 aliphatic heterocycles. The van der Waals surface area contributed by atoms with Crippen LogP contribution < -0.4 is 4.74 Å². The molecule has 0 saturated carbocycles. The van der Waals surface area contributed by atoms with Gasteiger partial charge in [0.25, 0.3) is 0 Å². The molecule has 0 unspecified atom stereocenters. The topological polar surface area (TPSA) is 52.1 Å². The van der Waals surface area contributed by atoms with Crippen LogP contribution in [0.2, 0.25) is 0 Å². The molecule has 0 bridgehead atoms. The van der Waals surface area contributed by atoms with Gasteiger partial charge in [-0.1, -0.05) is 27.2 Å². The standard InChI is InChI=1S/C21H24F4N2O2/c1-5-6-17-15(21(23,24)25)11-26-20(27-17)9-13-8-16(22)14(10-19(13)29-4)18(28)7-12(2)3/h8,10-12H,5-7,9H2,1-4H3. The van der Waals surface area contributed by atoms with E-state index in [0.717, 1.165) is 12.3 Å². The van der Waals surface area contributed by atoms with Crippen LogP contribution in [0.25, 0.3) is 0 Å². The van der Waals surface area contributed by atoms with Crippen molar-refractivity contribution in [2.45, 2.75) is 52.6 Å². The van der Waals surface area contributed by atoms with Gasteiger partial charge in [-0.3, -0.25) is 4.79 Å². The second kappa shape index (κ2) is 9.33. The predicted octanol–water partition coefficient (Wildman–Crippen LogP) is 5.42. The number of hydrogen-bond acceptors (Lipinski definition) is 4. The van der Waals surface area contributed by atoms with E-state index >= 15 is 0 Å². The van der Waals surface area contributed by atoms with Crippen LogP contribution >= 0.6 is 0 Å². The van der Waals surface area contributed by atoms with E-state index in [1.165, 1.54) is 13.2 Å². The summed E-state index contributed by atoms with van der Waals surface area (Å²) in [7, 11) is 1.38. The van der Waals surface area contributed by atoms with Crippen LogP contribution in [0.1, 0.15) is 66.6 Å². The lowest BCUT2D eigenvalue weighted by atomic mass is 9.98. The molecule has 4 nitrogen and oxygen atoms in total. The summed E-state index contributed by atoms with van der Waals surface area (Å²) in [6.45, 7) is 5.47. The Balaban J connectivity index is 2.40. The summed E-state index contributed by atoms with van der Waals surface area (Å²) < 4.78 is 59.2. The molecule has 0 amide bonds. The molecule has 1 aromatic carbocycles. The van der Waals surface area contributed by atoms with E-state index in [-0.39, 0.29) is 53.8 Å². The van der Waals surface area contributed by atoms with E-state index in [0.29, 0.717) is 12.0 Å². The van der Waals surface area contributed by atoms with Crippen molar-refractivity contribution in [3.63, 3.8) is 0 Å². The Morgan fingerprint density at radius 3 is 2.48 bits per heavy atom. The predicted molar refractivity (Wildman–Crippen MR) is 101 cm³/mol. The van der Waals surface area contributed by atoms with Gasteiger partial charge in [0.2, 0.25) is 0 Å². The molecule has 29 heavy (non-hydrogen) atoms. The molecule has 158 valence electrons. The molecule has 8 heteroatoms. The summed E-state index contributed by atoms with van der Waals surface area (Å²) in [4.78, 5) is 20.1. The molecule has 2 rings (SSSR count). The Labute approximate surface area is 167 Å². The van der Waals surface area contributed by atoms with Crippen LogP contribution in [-0.4, -0.2) is 22.9 Å². The highest BCUT2D eigenvalue weighted by atomic mass is 19.4. The van der Waals surface area contributed by atoms with Crippen LogP contribution in [0.5, 0.6) is 5.75 Å². The first-order valence-corrected chi connectivity index (χ1v) is 9.38. The van der Waals surface area contributed by atoms with Crippen LogP contribution in [0, 0.1) is 11.7 Å². The minimum atomic E-state index is -4.54. The zero-order valence-electron chi connectivity index (χ0n) is 16.9. The molecule has 0 atom stereocenters. The van der Waals surface area contributed by atoms with Gasteiger partial charge in [0.05, 0.1) is 23.9 Å². The molecule has 0 spiro atoms. The van der Waals surface area contributed by atoms with Crippen molar-refractivity contribution in [3.8, 4) is 5.75 Å². The summed E-state index contributed by atoms with van der Waals surface area (Å²) in [6.07, 6.45) is -2.96. The van der Waals surface area contributed by atoms with Crippen LogP contribution in [0.4, 0.5) is 17.6 Å².